The van der Waals surface area contributed by atoms with Crippen LogP contribution >= 0.6 is 12.4 Å². The van der Waals surface area contributed by atoms with Crippen molar-refractivity contribution >= 4 is 22.6 Å². The highest BCUT2D eigenvalue weighted by Gasteiger charge is 2.25. The molecule has 12 heavy (non-hydrogen) atoms. The highest BCUT2D eigenvalue weighted by molar-refractivity contribution is 7.87. The minimum Gasteiger partial charge on any atom is -0.317 e. The Morgan fingerprint density at radius 1 is 1.25 bits per heavy atom. The molecule has 6 heteroatoms. The Hall–Kier alpha value is 0.130. The fraction of sp³-hybridized carbons (Fsp3) is 1.00. The molecule has 1 fully saturated rings. The van der Waals surface area contributed by atoms with Gasteiger partial charge in [-0.2, -0.15) is 8.42 Å². The van der Waals surface area contributed by atoms with Gasteiger partial charge in [0.05, 0.1) is 5.25 Å². The van der Waals surface area contributed by atoms with Gasteiger partial charge in [-0.3, -0.25) is 0 Å². The lowest BCUT2D eigenvalue weighted by molar-refractivity contribution is 0.522. The summed E-state index contributed by atoms with van der Waals surface area (Å²) < 4.78 is 33.3. The molecule has 1 aliphatic heterocycles. The molecule has 0 radical (unpaired) electrons. The van der Waals surface area contributed by atoms with E-state index in [1.807, 2.05) is 0 Å². The Morgan fingerprint density at radius 2 is 1.92 bits per heavy atom. The average molecular weight is 218 g/mol. The van der Waals surface area contributed by atoms with E-state index in [-0.39, 0.29) is 12.4 Å². The summed E-state index contributed by atoms with van der Waals surface area (Å²) >= 11 is 0. The number of nitrogens with one attached hydrogen (secondary N) is 1. The third-order valence-electron chi connectivity index (χ3n) is 1.92. The summed E-state index contributed by atoms with van der Waals surface area (Å²) in [6.07, 6.45) is 1.60. The molecular formula is C6H13ClFNO2S. The van der Waals surface area contributed by atoms with Crippen LogP contribution in [-0.4, -0.2) is 26.8 Å². The van der Waals surface area contributed by atoms with Crippen LogP contribution in [-0.2, 0) is 10.2 Å². The summed E-state index contributed by atoms with van der Waals surface area (Å²) in [6.45, 7) is 1.40. The van der Waals surface area contributed by atoms with Crippen molar-refractivity contribution in [3.8, 4) is 0 Å². The van der Waals surface area contributed by atoms with Crippen LogP contribution in [0.2, 0.25) is 0 Å². The molecule has 1 saturated heterocycles. The SMILES string of the molecule is Cl.O=S(=O)(F)C1CCCNCC1. The van der Waals surface area contributed by atoms with Crippen molar-refractivity contribution in [2.24, 2.45) is 0 Å². The lowest BCUT2D eigenvalue weighted by atomic mass is 10.2. The maximum atomic E-state index is 12.4. The molecule has 1 unspecified atom stereocenters. The summed E-state index contributed by atoms with van der Waals surface area (Å²) in [5, 5.41) is 2.25. The van der Waals surface area contributed by atoms with E-state index in [0.717, 1.165) is 13.0 Å². The van der Waals surface area contributed by atoms with Gasteiger partial charge in [-0.1, -0.05) is 0 Å². The van der Waals surface area contributed by atoms with Crippen molar-refractivity contribution in [3.63, 3.8) is 0 Å². The highest BCUT2D eigenvalue weighted by atomic mass is 35.5. The first-order chi connectivity index (χ1) is 5.11. The smallest absolute Gasteiger partial charge is 0.305 e. The zero-order valence-corrected chi connectivity index (χ0v) is 8.26. The second kappa shape index (κ2) is 4.99. The molecule has 3 nitrogen and oxygen atoms in total. The van der Waals surface area contributed by atoms with Crippen LogP contribution in [0.4, 0.5) is 3.89 Å². The van der Waals surface area contributed by atoms with Gasteiger partial charge in [-0.25, -0.2) is 0 Å². The molecule has 0 bridgehead atoms. The van der Waals surface area contributed by atoms with Crippen LogP contribution in [0, 0.1) is 0 Å². The second-order valence-electron chi connectivity index (χ2n) is 2.78. The van der Waals surface area contributed by atoms with Gasteiger partial charge in [0.2, 0.25) is 0 Å². The molecule has 1 N–H and O–H groups in total. The molecule has 1 atom stereocenters. The largest absolute Gasteiger partial charge is 0.317 e. The van der Waals surface area contributed by atoms with E-state index in [4.69, 9.17) is 0 Å². The van der Waals surface area contributed by atoms with Crippen LogP contribution in [0.15, 0.2) is 0 Å². The van der Waals surface area contributed by atoms with Crippen LogP contribution in [0.25, 0.3) is 0 Å². The minimum atomic E-state index is -4.29. The monoisotopic (exact) mass is 217 g/mol. The van der Waals surface area contributed by atoms with E-state index < -0.39 is 15.5 Å². The third kappa shape index (κ3) is 3.69. The maximum Gasteiger partial charge on any atom is 0.305 e. The number of halogens is 2. The van der Waals surface area contributed by atoms with Crippen molar-refractivity contribution in [2.75, 3.05) is 13.1 Å². The van der Waals surface area contributed by atoms with E-state index >= 15 is 0 Å². The Morgan fingerprint density at radius 3 is 2.50 bits per heavy atom. The molecular weight excluding hydrogens is 205 g/mol. The van der Waals surface area contributed by atoms with Crippen molar-refractivity contribution < 1.29 is 12.3 Å². The van der Waals surface area contributed by atoms with Gasteiger partial charge in [0.1, 0.15) is 0 Å². The van der Waals surface area contributed by atoms with Crippen molar-refractivity contribution in [2.45, 2.75) is 24.5 Å². The molecule has 0 aliphatic carbocycles. The number of hydrogen-bond donors (Lipinski definition) is 1. The van der Waals surface area contributed by atoms with E-state index in [1.165, 1.54) is 0 Å². The lowest BCUT2D eigenvalue weighted by Gasteiger charge is -2.06. The lowest BCUT2D eigenvalue weighted by Crippen LogP contribution is -2.19. The molecule has 1 heterocycles. The average Bonchev–Trinajstić information content (AvgIpc) is 2.10. The van der Waals surface area contributed by atoms with Gasteiger partial charge in [0, 0.05) is 0 Å². The molecule has 0 aromatic heterocycles. The first-order valence-corrected chi connectivity index (χ1v) is 5.19. The van der Waals surface area contributed by atoms with E-state index in [2.05, 4.69) is 5.32 Å². The molecule has 0 spiro atoms. The summed E-state index contributed by atoms with van der Waals surface area (Å²) in [5.74, 6) is 0. The van der Waals surface area contributed by atoms with Gasteiger partial charge < -0.3 is 5.32 Å². The van der Waals surface area contributed by atoms with Crippen molar-refractivity contribution in [3.05, 3.63) is 0 Å². The van der Waals surface area contributed by atoms with Gasteiger partial charge in [-0.05, 0) is 32.4 Å². The maximum absolute atomic E-state index is 12.4. The molecule has 74 valence electrons. The van der Waals surface area contributed by atoms with Gasteiger partial charge in [-0.15, -0.1) is 16.3 Å². The van der Waals surface area contributed by atoms with Crippen LogP contribution in [0.1, 0.15) is 19.3 Å². The quantitative estimate of drug-likeness (QED) is 0.663. The Balaban J connectivity index is 0.00000121. The molecule has 0 aromatic carbocycles. The molecule has 0 amide bonds. The van der Waals surface area contributed by atoms with E-state index in [0.29, 0.717) is 19.4 Å². The second-order valence-corrected chi connectivity index (χ2v) is 4.40. The predicted octanol–water partition coefficient (Wildman–Crippen LogP) is 0.850. The fourth-order valence-electron chi connectivity index (χ4n) is 1.27. The van der Waals surface area contributed by atoms with Crippen molar-refractivity contribution in [1.82, 2.24) is 5.32 Å². The van der Waals surface area contributed by atoms with Crippen LogP contribution in [0.5, 0.6) is 0 Å². The van der Waals surface area contributed by atoms with Gasteiger partial charge in [0.25, 0.3) is 0 Å². The third-order valence-corrected chi connectivity index (χ3v) is 3.19. The first kappa shape index (κ1) is 12.1. The number of hydrogen-bond acceptors (Lipinski definition) is 3. The van der Waals surface area contributed by atoms with Crippen LogP contribution in [0.3, 0.4) is 0 Å². The van der Waals surface area contributed by atoms with Crippen LogP contribution < -0.4 is 5.32 Å². The summed E-state index contributed by atoms with van der Waals surface area (Å²) in [5.41, 5.74) is 0. The van der Waals surface area contributed by atoms with Crippen molar-refractivity contribution in [1.29, 1.82) is 0 Å². The summed E-state index contributed by atoms with van der Waals surface area (Å²) in [7, 11) is -4.29. The first-order valence-electron chi connectivity index (χ1n) is 3.75. The zero-order valence-electron chi connectivity index (χ0n) is 6.62. The molecule has 0 saturated carbocycles. The standard InChI is InChI=1S/C6H12FNO2S.ClH/c7-11(9,10)6-2-1-4-8-5-3-6;/h6,8H,1-5H2;1H. The Bertz CT molecular complexity index is 212. The highest BCUT2D eigenvalue weighted by Crippen LogP contribution is 2.15. The minimum absolute atomic E-state index is 0. The molecule has 0 aromatic rings. The summed E-state index contributed by atoms with van der Waals surface area (Å²) in [6, 6.07) is 0. The van der Waals surface area contributed by atoms with E-state index in [1.54, 1.807) is 0 Å². The Kier molecular flexibility index (Phi) is 5.04. The fourth-order valence-corrected chi connectivity index (χ4v) is 2.12. The number of rotatable bonds is 1. The zero-order chi connectivity index (χ0) is 8.32. The summed E-state index contributed by atoms with van der Waals surface area (Å²) in [4.78, 5) is 0. The molecule has 1 rings (SSSR count). The van der Waals surface area contributed by atoms with Gasteiger partial charge in [0.15, 0.2) is 0 Å². The van der Waals surface area contributed by atoms with Gasteiger partial charge >= 0.3 is 10.2 Å². The Labute approximate surface area is 78.3 Å². The topological polar surface area (TPSA) is 46.2 Å². The van der Waals surface area contributed by atoms with E-state index in [9.17, 15) is 12.3 Å². The normalized spacial score (nSPS) is 25.6. The predicted molar refractivity (Wildman–Crippen MR) is 47.8 cm³/mol. The molecule has 1 aliphatic rings.